The number of H-pyrrole nitrogens is 1. The molecule has 2 N–H and O–H groups in total. The first kappa shape index (κ1) is 12.7. The Morgan fingerprint density at radius 3 is 3.05 bits per heavy atom. The molecule has 1 atom stereocenters. The van der Waals surface area contributed by atoms with Gasteiger partial charge < -0.3 is 10.3 Å². The summed E-state index contributed by atoms with van der Waals surface area (Å²) >= 11 is 0. The third-order valence-electron chi connectivity index (χ3n) is 3.92. The van der Waals surface area contributed by atoms with E-state index >= 15 is 0 Å². The van der Waals surface area contributed by atoms with Gasteiger partial charge in [-0.05, 0) is 68.0 Å². The molecule has 1 saturated carbocycles. The minimum Gasteiger partial charge on any atom is -0.361 e. The largest absolute Gasteiger partial charge is 0.361 e. The van der Waals surface area contributed by atoms with Gasteiger partial charge in [0.25, 0.3) is 0 Å². The highest BCUT2D eigenvalue weighted by molar-refractivity contribution is 5.83. The molecule has 0 radical (unpaired) electrons. The van der Waals surface area contributed by atoms with E-state index in [9.17, 15) is 4.39 Å². The maximum absolute atomic E-state index is 13.3. The molecule has 102 valence electrons. The summed E-state index contributed by atoms with van der Waals surface area (Å²) in [6.07, 6.45) is 5.79. The Morgan fingerprint density at radius 2 is 2.26 bits per heavy atom. The van der Waals surface area contributed by atoms with Crippen molar-refractivity contribution in [1.82, 2.24) is 10.3 Å². The van der Waals surface area contributed by atoms with Crippen LogP contribution in [-0.4, -0.2) is 18.1 Å². The third kappa shape index (κ3) is 3.16. The Labute approximate surface area is 113 Å². The molecule has 3 heteroatoms. The van der Waals surface area contributed by atoms with E-state index in [1.54, 1.807) is 6.07 Å². The fourth-order valence-electron chi connectivity index (χ4n) is 2.62. The predicted octanol–water partition coefficient (Wildman–Crippen LogP) is 3.49. The SMILES string of the molecule is C[C@H](CNCC1CC1)Cc1c[nH]c2ccc(F)cc12. The zero-order chi connectivity index (χ0) is 13.2. The summed E-state index contributed by atoms with van der Waals surface area (Å²) in [4.78, 5) is 3.22. The summed E-state index contributed by atoms with van der Waals surface area (Å²) in [6.45, 7) is 4.45. The summed E-state index contributed by atoms with van der Waals surface area (Å²) in [5.74, 6) is 1.34. The summed E-state index contributed by atoms with van der Waals surface area (Å²) in [5.41, 5.74) is 2.24. The molecule has 1 aliphatic carbocycles. The average molecular weight is 260 g/mol. The van der Waals surface area contributed by atoms with E-state index in [2.05, 4.69) is 17.2 Å². The van der Waals surface area contributed by atoms with Crippen molar-refractivity contribution in [1.29, 1.82) is 0 Å². The van der Waals surface area contributed by atoms with Crippen molar-refractivity contribution in [2.24, 2.45) is 11.8 Å². The number of aromatic amines is 1. The number of hydrogen-bond acceptors (Lipinski definition) is 1. The van der Waals surface area contributed by atoms with Crippen LogP contribution in [0.15, 0.2) is 24.4 Å². The highest BCUT2D eigenvalue weighted by atomic mass is 19.1. The lowest BCUT2D eigenvalue weighted by molar-refractivity contribution is 0.502. The Morgan fingerprint density at radius 1 is 1.42 bits per heavy atom. The first-order valence-electron chi connectivity index (χ1n) is 7.18. The normalized spacial score (nSPS) is 16.9. The molecular weight excluding hydrogens is 239 g/mol. The molecule has 0 spiro atoms. The highest BCUT2D eigenvalue weighted by Crippen LogP contribution is 2.27. The van der Waals surface area contributed by atoms with Crippen molar-refractivity contribution in [3.8, 4) is 0 Å². The van der Waals surface area contributed by atoms with Gasteiger partial charge in [0.1, 0.15) is 5.82 Å². The van der Waals surface area contributed by atoms with Gasteiger partial charge in [0, 0.05) is 17.1 Å². The van der Waals surface area contributed by atoms with Crippen molar-refractivity contribution in [2.45, 2.75) is 26.2 Å². The number of rotatable bonds is 6. The summed E-state index contributed by atoms with van der Waals surface area (Å²) in [6, 6.07) is 4.94. The minimum absolute atomic E-state index is 0.159. The summed E-state index contributed by atoms with van der Waals surface area (Å²) in [5, 5.41) is 4.56. The minimum atomic E-state index is -0.159. The van der Waals surface area contributed by atoms with Gasteiger partial charge in [-0.15, -0.1) is 0 Å². The van der Waals surface area contributed by atoms with E-state index in [1.165, 1.54) is 24.5 Å². The second kappa shape index (κ2) is 5.33. The predicted molar refractivity (Wildman–Crippen MR) is 76.7 cm³/mol. The maximum Gasteiger partial charge on any atom is 0.123 e. The quantitative estimate of drug-likeness (QED) is 0.817. The molecule has 1 aromatic heterocycles. The molecule has 0 saturated heterocycles. The zero-order valence-corrected chi connectivity index (χ0v) is 11.4. The van der Waals surface area contributed by atoms with Crippen molar-refractivity contribution in [3.05, 3.63) is 35.8 Å². The maximum atomic E-state index is 13.3. The lowest BCUT2D eigenvalue weighted by atomic mass is 10.0. The van der Waals surface area contributed by atoms with Gasteiger partial charge in [0.2, 0.25) is 0 Å². The van der Waals surface area contributed by atoms with Crippen molar-refractivity contribution in [2.75, 3.05) is 13.1 Å². The number of hydrogen-bond donors (Lipinski definition) is 2. The van der Waals surface area contributed by atoms with Crippen LogP contribution in [0.5, 0.6) is 0 Å². The Hall–Kier alpha value is -1.35. The van der Waals surface area contributed by atoms with E-state index in [-0.39, 0.29) is 5.82 Å². The van der Waals surface area contributed by atoms with Crippen LogP contribution in [0.25, 0.3) is 10.9 Å². The van der Waals surface area contributed by atoms with E-state index in [1.807, 2.05) is 12.3 Å². The molecule has 0 amide bonds. The molecular formula is C16H21FN2. The molecule has 0 aliphatic heterocycles. The molecule has 2 aromatic rings. The van der Waals surface area contributed by atoms with E-state index in [4.69, 9.17) is 0 Å². The smallest absolute Gasteiger partial charge is 0.123 e. The molecule has 2 nitrogen and oxygen atoms in total. The topological polar surface area (TPSA) is 27.8 Å². The van der Waals surface area contributed by atoms with Crippen LogP contribution < -0.4 is 5.32 Å². The van der Waals surface area contributed by atoms with Gasteiger partial charge in [0.05, 0.1) is 0 Å². The van der Waals surface area contributed by atoms with Crippen LogP contribution in [0, 0.1) is 17.7 Å². The molecule has 1 fully saturated rings. The number of halogens is 1. The molecule has 3 rings (SSSR count). The molecule has 1 aromatic carbocycles. The molecule has 19 heavy (non-hydrogen) atoms. The first-order chi connectivity index (χ1) is 9.22. The van der Waals surface area contributed by atoms with E-state index < -0.39 is 0 Å². The van der Waals surface area contributed by atoms with Gasteiger partial charge >= 0.3 is 0 Å². The molecule has 0 bridgehead atoms. The van der Waals surface area contributed by atoms with Crippen LogP contribution in [0.2, 0.25) is 0 Å². The Bertz CT molecular complexity index is 557. The Kier molecular flexibility index (Phi) is 3.56. The van der Waals surface area contributed by atoms with Gasteiger partial charge in [-0.1, -0.05) is 6.92 Å². The van der Waals surface area contributed by atoms with Crippen molar-refractivity contribution >= 4 is 10.9 Å². The van der Waals surface area contributed by atoms with Crippen LogP contribution in [0.4, 0.5) is 4.39 Å². The lowest BCUT2D eigenvalue weighted by Gasteiger charge is -2.12. The van der Waals surface area contributed by atoms with Gasteiger partial charge in [-0.2, -0.15) is 0 Å². The standard InChI is InChI=1S/C16H21FN2/c1-11(8-18-9-12-2-3-12)6-13-10-19-16-5-4-14(17)7-15(13)16/h4-5,7,10-12,18-19H,2-3,6,8-9H2,1H3/t11-/m0/s1. The molecule has 1 aliphatic rings. The fraction of sp³-hybridized carbons (Fsp3) is 0.500. The summed E-state index contributed by atoms with van der Waals surface area (Å²) in [7, 11) is 0. The van der Waals surface area contributed by atoms with Gasteiger partial charge in [-0.25, -0.2) is 4.39 Å². The first-order valence-corrected chi connectivity index (χ1v) is 7.18. The lowest BCUT2D eigenvalue weighted by Crippen LogP contribution is -2.24. The number of nitrogens with one attached hydrogen (secondary N) is 2. The van der Waals surface area contributed by atoms with Crippen LogP contribution in [0.3, 0.4) is 0 Å². The van der Waals surface area contributed by atoms with Crippen molar-refractivity contribution < 1.29 is 4.39 Å². The third-order valence-corrected chi connectivity index (χ3v) is 3.92. The van der Waals surface area contributed by atoms with Gasteiger partial charge in [0.15, 0.2) is 0 Å². The number of benzene rings is 1. The molecule has 0 unspecified atom stereocenters. The second-order valence-corrected chi connectivity index (χ2v) is 5.91. The highest BCUT2D eigenvalue weighted by Gasteiger charge is 2.20. The van der Waals surface area contributed by atoms with Crippen LogP contribution >= 0.6 is 0 Å². The molecule has 1 heterocycles. The Balaban J connectivity index is 1.61. The van der Waals surface area contributed by atoms with Crippen LogP contribution in [0.1, 0.15) is 25.3 Å². The fourth-order valence-corrected chi connectivity index (χ4v) is 2.62. The number of aromatic nitrogens is 1. The summed E-state index contributed by atoms with van der Waals surface area (Å²) < 4.78 is 13.3. The second-order valence-electron chi connectivity index (χ2n) is 5.91. The monoisotopic (exact) mass is 260 g/mol. The van der Waals surface area contributed by atoms with E-state index in [0.29, 0.717) is 5.92 Å². The van der Waals surface area contributed by atoms with E-state index in [0.717, 1.165) is 36.3 Å². The number of fused-ring (bicyclic) bond motifs is 1. The zero-order valence-electron chi connectivity index (χ0n) is 11.4. The van der Waals surface area contributed by atoms with Gasteiger partial charge in [-0.3, -0.25) is 0 Å². The average Bonchev–Trinajstić information content (AvgIpc) is 3.12. The van der Waals surface area contributed by atoms with Crippen molar-refractivity contribution in [3.63, 3.8) is 0 Å². The van der Waals surface area contributed by atoms with Crippen LogP contribution in [-0.2, 0) is 6.42 Å².